The number of aliphatic hydroxyl groups is 1. The maximum Gasteiger partial charge on any atom is 0.315 e. The number of nitrogens with zero attached hydrogens (tertiary/aromatic N) is 3. The van der Waals surface area contributed by atoms with E-state index in [1.165, 1.54) is 0 Å². The van der Waals surface area contributed by atoms with E-state index in [0.717, 1.165) is 16.8 Å². The van der Waals surface area contributed by atoms with Crippen molar-refractivity contribution < 1.29 is 9.90 Å². The monoisotopic (exact) mass is 325 g/mol. The predicted octanol–water partition coefficient (Wildman–Crippen LogP) is 1.57. The summed E-state index contributed by atoms with van der Waals surface area (Å²) in [6, 6.07) is 12.8. The zero-order chi connectivity index (χ0) is 16.9. The highest BCUT2D eigenvalue weighted by Crippen LogP contribution is 2.16. The van der Waals surface area contributed by atoms with Crippen molar-refractivity contribution in [1.82, 2.24) is 25.2 Å². The Hall–Kier alpha value is -2.93. The number of benzene rings is 1. The summed E-state index contributed by atoms with van der Waals surface area (Å²) in [5, 5.41) is 23.6. The van der Waals surface area contributed by atoms with E-state index in [4.69, 9.17) is 0 Å². The van der Waals surface area contributed by atoms with Crippen LogP contribution in [0.3, 0.4) is 0 Å². The first-order chi connectivity index (χ1) is 11.6. The zero-order valence-corrected chi connectivity index (χ0v) is 13.3. The number of aryl methyl sites for hydroxylation is 1. The molecule has 0 spiro atoms. The molecule has 0 fully saturated rings. The quantitative estimate of drug-likeness (QED) is 0.664. The lowest BCUT2D eigenvalue weighted by Gasteiger charge is -2.14. The Bertz CT molecular complexity index is 846. The molecule has 0 radical (unpaired) electrons. The molecule has 1 unspecified atom stereocenters. The topological polar surface area (TPSA) is 91.5 Å². The van der Waals surface area contributed by atoms with E-state index < -0.39 is 6.10 Å². The van der Waals surface area contributed by atoms with E-state index in [9.17, 15) is 9.90 Å². The van der Waals surface area contributed by atoms with Crippen LogP contribution in [0.25, 0.3) is 5.65 Å². The molecule has 0 aliphatic rings. The molecule has 0 bridgehead atoms. The summed E-state index contributed by atoms with van der Waals surface area (Å²) < 4.78 is 1.81. The van der Waals surface area contributed by atoms with Gasteiger partial charge in [0, 0.05) is 12.7 Å². The SMILES string of the molecule is Cc1ccccc1C(O)CNC(=O)NCc1nnc2ccccn12. The van der Waals surface area contributed by atoms with E-state index in [1.807, 2.05) is 60.0 Å². The van der Waals surface area contributed by atoms with Gasteiger partial charge >= 0.3 is 6.03 Å². The van der Waals surface area contributed by atoms with E-state index in [-0.39, 0.29) is 19.1 Å². The van der Waals surface area contributed by atoms with Crippen molar-refractivity contribution in [2.45, 2.75) is 19.6 Å². The van der Waals surface area contributed by atoms with Crippen LogP contribution in [0.5, 0.6) is 0 Å². The fourth-order valence-corrected chi connectivity index (χ4v) is 2.49. The molecule has 3 N–H and O–H groups in total. The van der Waals surface area contributed by atoms with Crippen molar-refractivity contribution in [2.75, 3.05) is 6.54 Å². The third-order valence-electron chi connectivity index (χ3n) is 3.79. The Labute approximate surface area is 139 Å². The lowest BCUT2D eigenvalue weighted by Crippen LogP contribution is -2.37. The van der Waals surface area contributed by atoms with Gasteiger partial charge < -0.3 is 15.7 Å². The molecular weight excluding hydrogens is 306 g/mol. The van der Waals surface area contributed by atoms with E-state index >= 15 is 0 Å². The second kappa shape index (κ2) is 7.10. The Balaban J connectivity index is 1.52. The van der Waals surface area contributed by atoms with Crippen molar-refractivity contribution in [3.63, 3.8) is 0 Å². The van der Waals surface area contributed by atoms with Crippen molar-refractivity contribution in [2.24, 2.45) is 0 Å². The molecule has 2 heterocycles. The average molecular weight is 325 g/mol. The number of carbonyl (C=O) groups excluding carboxylic acids is 1. The maximum atomic E-state index is 11.9. The number of aliphatic hydroxyl groups excluding tert-OH is 1. The van der Waals surface area contributed by atoms with Gasteiger partial charge in [-0.05, 0) is 30.2 Å². The normalized spacial score (nSPS) is 12.1. The highest BCUT2D eigenvalue weighted by atomic mass is 16.3. The van der Waals surface area contributed by atoms with Crippen LogP contribution in [0.15, 0.2) is 48.7 Å². The van der Waals surface area contributed by atoms with Crippen LogP contribution in [0, 0.1) is 6.92 Å². The molecule has 1 atom stereocenters. The van der Waals surface area contributed by atoms with Gasteiger partial charge in [-0.2, -0.15) is 0 Å². The highest BCUT2D eigenvalue weighted by Gasteiger charge is 2.12. The number of pyridine rings is 1. The molecule has 0 saturated carbocycles. The molecule has 0 aliphatic heterocycles. The summed E-state index contributed by atoms with van der Waals surface area (Å²) in [7, 11) is 0. The Morgan fingerprint density at radius 2 is 1.96 bits per heavy atom. The number of rotatable bonds is 5. The van der Waals surface area contributed by atoms with Gasteiger partial charge in [-0.3, -0.25) is 4.40 Å². The van der Waals surface area contributed by atoms with Gasteiger partial charge in [0.25, 0.3) is 0 Å². The molecule has 3 rings (SSSR count). The Morgan fingerprint density at radius 3 is 2.79 bits per heavy atom. The highest BCUT2D eigenvalue weighted by molar-refractivity contribution is 5.73. The van der Waals surface area contributed by atoms with Crippen LogP contribution in [0.4, 0.5) is 4.79 Å². The second-order valence-electron chi connectivity index (χ2n) is 5.48. The first-order valence-corrected chi connectivity index (χ1v) is 7.69. The summed E-state index contributed by atoms with van der Waals surface area (Å²) in [6.45, 7) is 2.31. The van der Waals surface area contributed by atoms with Gasteiger partial charge in [0.15, 0.2) is 11.5 Å². The van der Waals surface area contributed by atoms with Crippen LogP contribution in [-0.2, 0) is 6.54 Å². The number of carbonyl (C=O) groups is 1. The molecule has 3 aromatic rings. The molecule has 7 heteroatoms. The molecular formula is C17H19N5O2. The third-order valence-corrected chi connectivity index (χ3v) is 3.79. The average Bonchev–Trinajstić information content (AvgIpc) is 3.01. The summed E-state index contributed by atoms with van der Waals surface area (Å²) in [6.07, 6.45) is 1.09. The Kier molecular flexibility index (Phi) is 4.72. The van der Waals surface area contributed by atoms with Gasteiger partial charge in [-0.15, -0.1) is 10.2 Å². The first kappa shape index (κ1) is 15.9. The minimum atomic E-state index is -0.745. The molecule has 2 amide bonds. The first-order valence-electron chi connectivity index (χ1n) is 7.69. The molecule has 0 aliphatic carbocycles. The molecule has 1 aromatic carbocycles. The third kappa shape index (κ3) is 3.52. The molecule has 24 heavy (non-hydrogen) atoms. The van der Waals surface area contributed by atoms with Crippen LogP contribution in [0.1, 0.15) is 23.1 Å². The lowest BCUT2D eigenvalue weighted by molar-refractivity contribution is 0.172. The fraction of sp³-hybridized carbons (Fsp3) is 0.235. The standard InChI is InChI=1S/C17H19N5O2/c1-12-6-2-3-7-13(12)14(23)10-18-17(24)19-11-16-21-20-15-8-4-5-9-22(15)16/h2-9,14,23H,10-11H2,1H3,(H2,18,19,24). The van der Waals surface area contributed by atoms with Crippen molar-refractivity contribution in [3.05, 3.63) is 65.6 Å². The van der Waals surface area contributed by atoms with E-state index in [1.54, 1.807) is 0 Å². The summed E-state index contributed by atoms with van der Waals surface area (Å²) in [4.78, 5) is 11.9. The van der Waals surface area contributed by atoms with Crippen molar-refractivity contribution in [3.8, 4) is 0 Å². The number of aromatic nitrogens is 3. The van der Waals surface area contributed by atoms with Gasteiger partial charge in [-0.1, -0.05) is 30.3 Å². The maximum absolute atomic E-state index is 11.9. The van der Waals surface area contributed by atoms with Gasteiger partial charge in [0.05, 0.1) is 12.6 Å². The van der Waals surface area contributed by atoms with Crippen molar-refractivity contribution in [1.29, 1.82) is 0 Å². The minimum absolute atomic E-state index is 0.136. The lowest BCUT2D eigenvalue weighted by atomic mass is 10.0. The molecule has 2 aromatic heterocycles. The smallest absolute Gasteiger partial charge is 0.315 e. The zero-order valence-electron chi connectivity index (χ0n) is 13.3. The number of nitrogens with one attached hydrogen (secondary N) is 2. The van der Waals surface area contributed by atoms with Gasteiger partial charge in [0.2, 0.25) is 0 Å². The number of amides is 2. The summed E-state index contributed by atoms with van der Waals surface area (Å²) in [5.74, 6) is 0.639. The van der Waals surface area contributed by atoms with Crippen molar-refractivity contribution >= 4 is 11.7 Å². The van der Waals surface area contributed by atoms with Crippen LogP contribution in [0.2, 0.25) is 0 Å². The summed E-state index contributed by atoms with van der Waals surface area (Å²) in [5.41, 5.74) is 2.52. The number of hydrogen-bond donors (Lipinski definition) is 3. The van der Waals surface area contributed by atoms with E-state index in [0.29, 0.717) is 5.82 Å². The molecule has 7 nitrogen and oxygen atoms in total. The van der Waals surface area contributed by atoms with Crippen LogP contribution in [-0.4, -0.2) is 32.3 Å². The number of urea groups is 1. The largest absolute Gasteiger partial charge is 0.387 e. The summed E-state index contributed by atoms with van der Waals surface area (Å²) >= 11 is 0. The van der Waals surface area contributed by atoms with Crippen LogP contribution < -0.4 is 10.6 Å². The molecule has 0 saturated heterocycles. The fourth-order valence-electron chi connectivity index (χ4n) is 2.49. The van der Waals surface area contributed by atoms with Gasteiger partial charge in [0.1, 0.15) is 0 Å². The van der Waals surface area contributed by atoms with Crippen LogP contribution >= 0.6 is 0 Å². The molecule has 124 valence electrons. The van der Waals surface area contributed by atoms with E-state index in [2.05, 4.69) is 20.8 Å². The predicted molar refractivity (Wildman–Crippen MR) is 89.4 cm³/mol. The number of fused-ring (bicyclic) bond motifs is 1. The minimum Gasteiger partial charge on any atom is -0.387 e. The Morgan fingerprint density at radius 1 is 1.17 bits per heavy atom. The number of hydrogen-bond acceptors (Lipinski definition) is 4. The van der Waals surface area contributed by atoms with Gasteiger partial charge in [-0.25, -0.2) is 4.79 Å². The second-order valence-corrected chi connectivity index (χ2v) is 5.48.